The Labute approximate surface area is 338 Å². The van der Waals surface area contributed by atoms with Crippen molar-refractivity contribution in [3.05, 3.63) is 97.1 Å². The van der Waals surface area contributed by atoms with Crippen LogP contribution in [0, 0.1) is 53.1 Å². The number of nitriles is 1. The molecule has 1 aliphatic carbocycles. The Morgan fingerprint density at radius 1 is 0.581 bits per heavy atom. The molecule has 1 radical (unpaired) electrons. The van der Waals surface area contributed by atoms with Gasteiger partial charge in [0.25, 0.3) is 0 Å². The van der Waals surface area contributed by atoms with Crippen molar-refractivity contribution in [1.29, 1.82) is 5.26 Å². The van der Waals surface area contributed by atoms with Crippen LogP contribution < -0.4 is 71.9 Å². The molecule has 0 saturated heterocycles. The Balaban J connectivity index is 0.00000242. The average Bonchev–Trinajstić information content (AvgIpc) is 2.99. The van der Waals surface area contributed by atoms with Crippen LogP contribution in [0.3, 0.4) is 0 Å². The number of hydrogen-bond donors (Lipinski definition) is 0. The molecule has 2 atom stereocenters. The van der Waals surface area contributed by atoms with E-state index in [0.717, 1.165) is 35.6 Å². The van der Waals surface area contributed by atoms with E-state index in [1.54, 1.807) is 55.6 Å². The summed E-state index contributed by atoms with van der Waals surface area (Å²) in [6.07, 6.45) is 25.8. The van der Waals surface area contributed by atoms with Gasteiger partial charge in [-0.15, -0.1) is 0 Å². The van der Waals surface area contributed by atoms with Gasteiger partial charge in [0.15, 0.2) is 0 Å². The van der Waals surface area contributed by atoms with Gasteiger partial charge < -0.3 is 71.9 Å². The van der Waals surface area contributed by atoms with E-state index in [0.29, 0.717) is 26.2 Å². The molecule has 4 heterocycles. The molecule has 4 aromatic heterocycles. The molecule has 1 saturated carbocycles. The van der Waals surface area contributed by atoms with Gasteiger partial charge in [0.1, 0.15) is 0 Å². The molecule has 4 aromatic rings. The van der Waals surface area contributed by atoms with Crippen molar-refractivity contribution in [2.24, 2.45) is 0 Å². The molecule has 1 fully saturated rings. The van der Waals surface area contributed by atoms with E-state index in [1.165, 1.54) is 19.8 Å². The summed E-state index contributed by atoms with van der Waals surface area (Å²) >= 11 is 0. The van der Waals surface area contributed by atoms with Gasteiger partial charge >= 0.3 is 41.7 Å². The van der Waals surface area contributed by atoms with E-state index in [1.807, 2.05) is 24.8 Å². The number of halogens is 3. The van der Waals surface area contributed by atoms with Crippen LogP contribution >= 0.6 is 0 Å². The summed E-state index contributed by atoms with van der Waals surface area (Å²) in [7, 11) is 0. The quantitative estimate of drug-likeness (QED) is 0.141. The topological polar surface area (TPSA) is 133 Å². The first kappa shape index (κ1) is 42.3. The molecule has 225 valence electrons. The van der Waals surface area contributed by atoms with Crippen molar-refractivity contribution in [2.75, 3.05) is 0 Å². The predicted octanol–water partition coefficient (Wildman–Crippen LogP) is -5.60. The molecule has 11 nitrogen and oxygen atoms in total. The second-order valence-corrected chi connectivity index (χ2v) is 9.24. The minimum atomic E-state index is 0. The minimum Gasteiger partial charge on any atom is -1.00 e. The van der Waals surface area contributed by atoms with Crippen molar-refractivity contribution < 1.29 is 114 Å². The molecule has 0 N–H and O–H groups in total. The molecule has 0 bridgehead atoms. The molecule has 0 aliphatic heterocycles. The van der Waals surface area contributed by atoms with E-state index >= 15 is 0 Å². The van der Waals surface area contributed by atoms with Gasteiger partial charge in [0.2, 0.25) is 0 Å². The first-order chi connectivity index (χ1) is 19.3. The van der Waals surface area contributed by atoms with Crippen molar-refractivity contribution in [1.82, 2.24) is 49.7 Å². The van der Waals surface area contributed by atoms with Gasteiger partial charge in [-0.2, -0.15) is 5.26 Å². The van der Waals surface area contributed by atoms with Gasteiger partial charge in [-0.1, -0.05) is 12.8 Å². The van der Waals surface area contributed by atoms with E-state index in [-0.39, 0.29) is 126 Å². The maximum Gasteiger partial charge on any atom is 3.00 e. The van der Waals surface area contributed by atoms with Crippen LogP contribution in [-0.4, -0.2) is 61.8 Å². The van der Waals surface area contributed by atoms with E-state index < -0.39 is 0 Å². The summed E-state index contributed by atoms with van der Waals surface area (Å²) in [6.45, 7) is 4.19. The smallest absolute Gasteiger partial charge is 1.00 e. The standard InChI is InChI=1S/C26H30N10.C2H3N.Ce.3HI/c1-2-4-26(36(19-23-15-29-7-11-33-23)20-24-16-30-8-12-34-24)25(3-1)35(17-21-13-27-5-9-31-21)18-22-14-28-6-10-32-22;1-2-3;;;;/h5-16,25-26H,1-4,17-20H2;1H3;;3*1H/q;;+3;;;/p-3/t25-,26-;;;;;/m1...../s1. The minimum absolute atomic E-state index is 0. The summed E-state index contributed by atoms with van der Waals surface area (Å²) < 4.78 is 0. The zero-order chi connectivity index (χ0) is 27.1. The number of aromatic nitrogens is 8. The van der Waals surface area contributed by atoms with Crippen LogP contribution in [0.25, 0.3) is 0 Å². The van der Waals surface area contributed by atoms with Crippen LogP contribution in [0.1, 0.15) is 55.4 Å². The fraction of sp³-hybridized carbons (Fsp3) is 0.393. The molecule has 0 spiro atoms. The molecular formula is C28H33CeI3N11. The third-order valence-electron chi connectivity index (χ3n) is 6.56. The first-order valence-corrected chi connectivity index (χ1v) is 13.0. The molecule has 43 heavy (non-hydrogen) atoms. The fourth-order valence-corrected chi connectivity index (χ4v) is 5.00. The molecule has 5 rings (SSSR count). The van der Waals surface area contributed by atoms with E-state index in [4.69, 9.17) is 5.26 Å². The monoisotopic (exact) mass is 1040 g/mol. The van der Waals surface area contributed by atoms with E-state index in [2.05, 4.69) is 49.7 Å². The van der Waals surface area contributed by atoms with Crippen LogP contribution in [0.2, 0.25) is 0 Å². The second kappa shape index (κ2) is 24.5. The molecular weight excluding hydrogens is 1010 g/mol. The first-order valence-electron chi connectivity index (χ1n) is 13.0. The third-order valence-corrected chi connectivity index (χ3v) is 6.56. The maximum atomic E-state index is 7.32. The zero-order valence-corrected chi connectivity index (χ0v) is 33.4. The Bertz CT molecular complexity index is 1100. The van der Waals surface area contributed by atoms with Crippen LogP contribution in [0.5, 0.6) is 0 Å². The second-order valence-electron chi connectivity index (χ2n) is 9.24. The summed E-state index contributed by atoms with van der Waals surface area (Å²) in [4.78, 5) is 40.4. The molecule has 0 unspecified atom stereocenters. The van der Waals surface area contributed by atoms with Crippen LogP contribution in [-0.2, 0) is 26.2 Å². The van der Waals surface area contributed by atoms with Crippen molar-refractivity contribution in [2.45, 2.75) is 70.9 Å². The Morgan fingerprint density at radius 2 is 0.837 bits per heavy atom. The summed E-state index contributed by atoms with van der Waals surface area (Å²) in [6, 6.07) is 2.33. The van der Waals surface area contributed by atoms with Gasteiger partial charge in [0, 0.05) is 120 Å². The Hall–Kier alpha value is -0.703. The van der Waals surface area contributed by atoms with Crippen molar-refractivity contribution in [3.63, 3.8) is 0 Å². The van der Waals surface area contributed by atoms with Crippen molar-refractivity contribution >= 4 is 0 Å². The van der Waals surface area contributed by atoms with Crippen molar-refractivity contribution in [3.8, 4) is 6.07 Å². The van der Waals surface area contributed by atoms with Gasteiger partial charge in [0.05, 0.1) is 28.8 Å². The molecule has 0 aromatic carbocycles. The summed E-state index contributed by atoms with van der Waals surface area (Å²) in [5, 5.41) is 7.32. The van der Waals surface area contributed by atoms with Crippen LogP contribution in [0.4, 0.5) is 0 Å². The summed E-state index contributed by atoms with van der Waals surface area (Å²) in [5.41, 5.74) is 3.78. The third kappa shape index (κ3) is 14.5. The normalized spacial score (nSPS) is 15.2. The van der Waals surface area contributed by atoms with Gasteiger partial charge in [-0.25, -0.2) is 0 Å². The van der Waals surface area contributed by atoms with Gasteiger partial charge in [-0.3, -0.25) is 49.7 Å². The number of nitrogens with zero attached hydrogens (tertiary/aromatic N) is 11. The number of hydrogen-bond acceptors (Lipinski definition) is 11. The molecule has 0 amide bonds. The number of rotatable bonds is 10. The largest absolute Gasteiger partial charge is 3.00 e. The fourth-order valence-electron chi connectivity index (χ4n) is 5.00. The summed E-state index contributed by atoms with van der Waals surface area (Å²) in [5.74, 6) is 0. The maximum absolute atomic E-state index is 7.32. The predicted molar refractivity (Wildman–Crippen MR) is 144 cm³/mol. The molecule has 1 aliphatic rings. The Kier molecular flexibility index (Phi) is 24.1. The molecule has 15 heteroatoms. The SMILES string of the molecule is CC#N.[Ce+3].[I-].[I-].[I-].c1cnc(CN(Cc2cnccn2)[C@@H]2CCCC[C@H]2N(Cc2cnccn2)Cc2cnccn2)cn1. The van der Waals surface area contributed by atoms with Crippen LogP contribution in [0.15, 0.2) is 74.4 Å². The zero-order valence-electron chi connectivity index (χ0n) is 23.8. The average molecular weight is 1040 g/mol. The van der Waals surface area contributed by atoms with E-state index in [9.17, 15) is 0 Å². The van der Waals surface area contributed by atoms with Gasteiger partial charge in [-0.05, 0) is 12.8 Å². The Morgan fingerprint density at radius 3 is 1.05 bits per heavy atom.